The third kappa shape index (κ3) is 5.56. The van der Waals surface area contributed by atoms with Gasteiger partial charge in [-0.2, -0.15) is 0 Å². The lowest BCUT2D eigenvalue weighted by Gasteiger charge is -2.31. The summed E-state index contributed by atoms with van der Waals surface area (Å²) in [7, 11) is 1.74. The average Bonchev–Trinajstić information content (AvgIpc) is 3.05. The summed E-state index contributed by atoms with van der Waals surface area (Å²) < 4.78 is 14.9. The lowest BCUT2D eigenvalue weighted by atomic mass is 9.81. The van der Waals surface area contributed by atoms with Gasteiger partial charge in [-0.15, -0.1) is 0 Å². The number of carbonyl (C=O) groups excluding carboxylic acids is 1. The Bertz CT molecular complexity index is 1100. The fraction of sp³-hybridized carbons (Fsp3) is 0.538. The van der Waals surface area contributed by atoms with Crippen LogP contribution in [0.25, 0.3) is 16.5 Å². The van der Waals surface area contributed by atoms with Crippen molar-refractivity contribution in [2.75, 3.05) is 13.7 Å². The van der Waals surface area contributed by atoms with Gasteiger partial charge in [0.2, 0.25) is 0 Å². The summed E-state index contributed by atoms with van der Waals surface area (Å²) in [6.45, 7) is 13.5. The van der Waals surface area contributed by atoms with Crippen LogP contribution in [-0.2, 0) is 27.2 Å². The zero-order valence-electron chi connectivity index (χ0n) is 20.5. The molecule has 2 unspecified atom stereocenters. The highest BCUT2D eigenvalue weighted by atomic mass is 127. The summed E-state index contributed by atoms with van der Waals surface area (Å²) in [4.78, 5) is 16.4. The summed E-state index contributed by atoms with van der Waals surface area (Å²) in [5.74, 6) is 0.0352. The highest BCUT2D eigenvalue weighted by Gasteiger charge is 2.34. The number of esters is 1. The number of methoxy groups -OCH3 is 1. The number of aromatic nitrogens is 1. The number of halogens is 2. The molecule has 1 aliphatic rings. The number of aliphatic imine (C=N–C) groups is 1. The molecular weight excluding hydrogens is 595 g/mol. The number of rotatable bonds is 8. The average molecular weight is 629 g/mol. The minimum absolute atomic E-state index is 0.112. The first-order valence-corrected chi connectivity index (χ1v) is 13.4. The number of hydrogen-bond acceptors (Lipinski definition) is 4. The van der Waals surface area contributed by atoms with Crippen molar-refractivity contribution in [1.82, 2.24) is 4.57 Å². The Balaban J connectivity index is 2.34. The lowest BCUT2D eigenvalue weighted by molar-refractivity contribution is -0.143. The van der Waals surface area contributed by atoms with Gasteiger partial charge < -0.3 is 14.0 Å². The van der Waals surface area contributed by atoms with Crippen molar-refractivity contribution in [2.24, 2.45) is 16.3 Å². The standard InChI is InChI=1S/C26H34BrIN2O3/c1-8-30-22-10-9-18(27)11-19(22)20(12-26(5,6)14-33-17(4)31)25(30)23-15(2)21(28)13-29-24(23)16(3)32-7/h9-11,13,15-16,21H,8,12,14H2,1-7H3/t15?,16-,21?/m0/s1. The van der Waals surface area contributed by atoms with E-state index in [2.05, 4.69) is 95.9 Å². The Hall–Kier alpha value is -1.19. The Morgan fingerprint density at radius 1 is 1.36 bits per heavy atom. The predicted octanol–water partition coefficient (Wildman–Crippen LogP) is 6.83. The number of alkyl halides is 1. The first-order chi connectivity index (χ1) is 15.5. The maximum Gasteiger partial charge on any atom is 0.302 e. The minimum Gasteiger partial charge on any atom is -0.465 e. The molecule has 0 radical (unpaired) electrons. The normalized spacial score (nSPS) is 19.9. The SMILES string of the molecule is CCn1c(C2=C([C@H](C)OC)N=CC(I)C2C)c(CC(C)(C)COC(C)=O)c2cc(Br)ccc21. The van der Waals surface area contributed by atoms with Gasteiger partial charge >= 0.3 is 5.97 Å². The van der Waals surface area contributed by atoms with Crippen molar-refractivity contribution in [3.63, 3.8) is 0 Å². The van der Waals surface area contributed by atoms with E-state index in [4.69, 9.17) is 14.5 Å². The first-order valence-electron chi connectivity index (χ1n) is 11.4. The zero-order chi connectivity index (χ0) is 24.5. The summed E-state index contributed by atoms with van der Waals surface area (Å²) >= 11 is 6.16. The van der Waals surface area contributed by atoms with Crippen LogP contribution in [0.5, 0.6) is 0 Å². The van der Waals surface area contributed by atoms with Crippen molar-refractivity contribution in [1.29, 1.82) is 0 Å². The third-order valence-electron chi connectivity index (χ3n) is 6.33. The highest BCUT2D eigenvalue weighted by Crippen LogP contribution is 2.44. The fourth-order valence-corrected chi connectivity index (χ4v) is 5.43. The van der Waals surface area contributed by atoms with Crippen molar-refractivity contribution in [3.8, 4) is 0 Å². The number of fused-ring (bicyclic) bond motifs is 1. The number of aryl methyl sites for hydroxylation is 1. The monoisotopic (exact) mass is 628 g/mol. The molecule has 7 heteroatoms. The second-order valence-electron chi connectivity index (χ2n) is 9.54. The quantitative estimate of drug-likeness (QED) is 0.183. The molecule has 5 nitrogen and oxygen atoms in total. The maximum atomic E-state index is 11.5. The molecule has 3 rings (SSSR count). The largest absolute Gasteiger partial charge is 0.465 e. The van der Waals surface area contributed by atoms with Crippen LogP contribution in [0.1, 0.15) is 52.8 Å². The third-order valence-corrected chi connectivity index (χ3v) is 8.22. The molecule has 1 aliphatic heterocycles. The second-order valence-corrected chi connectivity index (χ2v) is 11.9. The van der Waals surface area contributed by atoms with Gasteiger partial charge in [-0.1, -0.05) is 59.3 Å². The molecule has 3 atom stereocenters. The van der Waals surface area contributed by atoms with E-state index >= 15 is 0 Å². The van der Waals surface area contributed by atoms with E-state index in [9.17, 15) is 4.79 Å². The molecule has 180 valence electrons. The van der Waals surface area contributed by atoms with Gasteiger partial charge in [-0.3, -0.25) is 9.79 Å². The van der Waals surface area contributed by atoms with Crippen molar-refractivity contribution < 1.29 is 14.3 Å². The first kappa shape index (κ1) is 26.4. The molecule has 33 heavy (non-hydrogen) atoms. The number of carbonyl (C=O) groups is 1. The molecule has 0 bridgehead atoms. The van der Waals surface area contributed by atoms with E-state index in [-0.39, 0.29) is 23.4 Å². The van der Waals surface area contributed by atoms with Crippen molar-refractivity contribution in [3.05, 3.63) is 39.6 Å². The van der Waals surface area contributed by atoms with E-state index in [1.165, 1.54) is 34.7 Å². The van der Waals surface area contributed by atoms with Gasteiger partial charge in [0, 0.05) is 59.1 Å². The predicted molar refractivity (Wildman–Crippen MR) is 148 cm³/mol. The van der Waals surface area contributed by atoms with Crippen LogP contribution in [0.3, 0.4) is 0 Å². The van der Waals surface area contributed by atoms with Gasteiger partial charge in [0.15, 0.2) is 0 Å². The van der Waals surface area contributed by atoms with E-state index in [1.807, 2.05) is 6.21 Å². The van der Waals surface area contributed by atoms with E-state index in [0.717, 1.165) is 23.1 Å². The second kappa shape index (κ2) is 10.6. The number of ether oxygens (including phenoxy) is 2. The van der Waals surface area contributed by atoms with Crippen LogP contribution < -0.4 is 0 Å². The molecule has 0 fully saturated rings. The molecule has 0 N–H and O–H groups in total. The number of benzene rings is 1. The Labute approximate surface area is 219 Å². The molecule has 1 aromatic carbocycles. The van der Waals surface area contributed by atoms with Gasteiger partial charge in [0.1, 0.15) is 0 Å². The number of nitrogens with zero attached hydrogens (tertiary/aromatic N) is 2. The molecule has 1 aromatic heterocycles. The van der Waals surface area contributed by atoms with Crippen LogP contribution >= 0.6 is 38.5 Å². The summed E-state index contributed by atoms with van der Waals surface area (Å²) in [6.07, 6.45) is 2.70. The van der Waals surface area contributed by atoms with E-state index in [1.54, 1.807) is 7.11 Å². The molecule has 0 amide bonds. The summed E-state index contributed by atoms with van der Waals surface area (Å²) in [6, 6.07) is 6.50. The lowest BCUT2D eigenvalue weighted by Crippen LogP contribution is -2.27. The Morgan fingerprint density at radius 3 is 2.67 bits per heavy atom. The molecule has 0 saturated carbocycles. The Kier molecular flexibility index (Phi) is 8.49. The van der Waals surface area contributed by atoms with Gasteiger partial charge in [0.25, 0.3) is 0 Å². The van der Waals surface area contributed by atoms with Crippen LogP contribution in [0.4, 0.5) is 0 Å². The topological polar surface area (TPSA) is 52.8 Å². The summed E-state index contributed by atoms with van der Waals surface area (Å²) in [5, 5.41) is 1.22. The van der Waals surface area contributed by atoms with Gasteiger partial charge in [0.05, 0.1) is 28.0 Å². The number of hydrogen-bond donors (Lipinski definition) is 0. The molecule has 0 saturated heterocycles. The molecule has 0 spiro atoms. The van der Waals surface area contributed by atoms with Gasteiger partial charge in [-0.25, -0.2) is 0 Å². The van der Waals surface area contributed by atoms with E-state index in [0.29, 0.717) is 10.5 Å². The highest BCUT2D eigenvalue weighted by molar-refractivity contribution is 14.1. The van der Waals surface area contributed by atoms with Crippen LogP contribution in [0.2, 0.25) is 0 Å². The molecular formula is C26H34BrIN2O3. The summed E-state index contributed by atoms with van der Waals surface area (Å²) in [5.41, 5.74) is 5.72. The van der Waals surface area contributed by atoms with Crippen molar-refractivity contribution in [2.45, 2.75) is 64.5 Å². The van der Waals surface area contributed by atoms with Crippen LogP contribution in [0, 0.1) is 11.3 Å². The fourth-order valence-electron chi connectivity index (χ4n) is 4.55. The van der Waals surface area contributed by atoms with Crippen molar-refractivity contribution >= 4 is 67.2 Å². The van der Waals surface area contributed by atoms with Gasteiger partial charge in [-0.05, 0) is 44.0 Å². The number of allylic oxidation sites excluding steroid dienone is 1. The maximum absolute atomic E-state index is 11.5. The Morgan fingerprint density at radius 2 is 2.06 bits per heavy atom. The molecule has 2 heterocycles. The zero-order valence-corrected chi connectivity index (χ0v) is 24.3. The minimum atomic E-state index is -0.246. The molecule has 2 aromatic rings. The molecule has 0 aliphatic carbocycles. The van der Waals surface area contributed by atoms with Crippen LogP contribution in [0.15, 0.2) is 33.4 Å². The van der Waals surface area contributed by atoms with Crippen LogP contribution in [-0.4, -0.2) is 40.5 Å². The smallest absolute Gasteiger partial charge is 0.302 e. The van der Waals surface area contributed by atoms with E-state index < -0.39 is 0 Å².